The molecule has 0 bridgehead atoms. The SMILES string of the molecule is COc1cccc(CCC(=O)NC(CC(F)(F)F)C(=O)O)c1F. The number of aliphatic carboxylic acids is 1. The number of rotatable bonds is 7. The Morgan fingerprint density at radius 1 is 1.35 bits per heavy atom. The summed E-state index contributed by atoms with van der Waals surface area (Å²) in [6, 6.07) is 2.20. The van der Waals surface area contributed by atoms with Gasteiger partial charge in [0, 0.05) is 6.42 Å². The molecule has 0 heterocycles. The van der Waals surface area contributed by atoms with Crippen LogP contribution in [0.5, 0.6) is 5.75 Å². The van der Waals surface area contributed by atoms with Crippen LogP contribution in [-0.4, -0.2) is 36.3 Å². The molecule has 1 rings (SSSR count). The molecule has 0 saturated heterocycles. The Labute approximate surface area is 129 Å². The Kier molecular flexibility index (Phi) is 6.35. The van der Waals surface area contributed by atoms with Crippen LogP contribution in [0.25, 0.3) is 0 Å². The molecule has 0 aliphatic heterocycles. The summed E-state index contributed by atoms with van der Waals surface area (Å²) in [6.07, 6.45) is -6.87. The Bertz CT molecular complexity index is 574. The first-order chi connectivity index (χ1) is 10.6. The number of carboxylic acids is 1. The largest absolute Gasteiger partial charge is 0.494 e. The number of carbonyl (C=O) groups is 2. The summed E-state index contributed by atoms with van der Waals surface area (Å²) in [4.78, 5) is 22.3. The molecule has 128 valence electrons. The fourth-order valence-corrected chi connectivity index (χ4v) is 1.85. The number of methoxy groups -OCH3 is 1. The van der Waals surface area contributed by atoms with Crippen LogP contribution in [0, 0.1) is 5.82 Å². The number of carboxylic acid groups (broad SMARTS) is 1. The Balaban J connectivity index is 2.64. The van der Waals surface area contributed by atoms with E-state index in [0.717, 1.165) is 0 Å². The Morgan fingerprint density at radius 3 is 2.52 bits per heavy atom. The first kappa shape index (κ1) is 18.7. The molecule has 1 amide bonds. The number of alkyl halides is 3. The molecule has 1 aromatic rings. The molecule has 0 aliphatic carbocycles. The molecule has 23 heavy (non-hydrogen) atoms. The van der Waals surface area contributed by atoms with Gasteiger partial charge in [-0.25, -0.2) is 9.18 Å². The van der Waals surface area contributed by atoms with Gasteiger partial charge in [-0.3, -0.25) is 4.79 Å². The average Bonchev–Trinajstić information content (AvgIpc) is 2.44. The van der Waals surface area contributed by atoms with Crippen molar-refractivity contribution in [3.05, 3.63) is 29.6 Å². The van der Waals surface area contributed by atoms with E-state index in [-0.39, 0.29) is 24.2 Å². The summed E-state index contributed by atoms with van der Waals surface area (Å²) >= 11 is 0. The van der Waals surface area contributed by atoms with Gasteiger partial charge in [-0.1, -0.05) is 12.1 Å². The van der Waals surface area contributed by atoms with Gasteiger partial charge in [-0.2, -0.15) is 13.2 Å². The minimum absolute atomic E-state index is 0.0246. The van der Waals surface area contributed by atoms with Crippen LogP contribution in [0.15, 0.2) is 18.2 Å². The number of aryl methyl sites for hydroxylation is 1. The van der Waals surface area contributed by atoms with Crippen molar-refractivity contribution in [1.82, 2.24) is 5.32 Å². The van der Waals surface area contributed by atoms with Gasteiger partial charge in [-0.15, -0.1) is 0 Å². The van der Waals surface area contributed by atoms with Crippen molar-refractivity contribution in [3.8, 4) is 5.75 Å². The van der Waals surface area contributed by atoms with Crippen molar-refractivity contribution in [1.29, 1.82) is 0 Å². The monoisotopic (exact) mass is 337 g/mol. The van der Waals surface area contributed by atoms with Crippen molar-refractivity contribution >= 4 is 11.9 Å². The van der Waals surface area contributed by atoms with E-state index in [9.17, 15) is 27.2 Å². The van der Waals surface area contributed by atoms with Crippen molar-refractivity contribution in [2.45, 2.75) is 31.5 Å². The predicted molar refractivity (Wildman–Crippen MR) is 71.5 cm³/mol. The molecule has 1 atom stereocenters. The lowest BCUT2D eigenvalue weighted by molar-refractivity contribution is -0.160. The Morgan fingerprint density at radius 2 is 2.00 bits per heavy atom. The van der Waals surface area contributed by atoms with Crippen molar-refractivity contribution in [2.75, 3.05) is 7.11 Å². The third kappa shape index (κ3) is 6.13. The normalized spacial score (nSPS) is 12.6. The number of halogens is 4. The highest BCUT2D eigenvalue weighted by molar-refractivity contribution is 5.83. The zero-order valence-corrected chi connectivity index (χ0v) is 12.1. The zero-order valence-electron chi connectivity index (χ0n) is 12.1. The quantitative estimate of drug-likeness (QED) is 0.749. The first-order valence-electron chi connectivity index (χ1n) is 6.54. The number of carbonyl (C=O) groups excluding carboxylic acids is 1. The van der Waals surface area contributed by atoms with Gasteiger partial charge in [0.15, 0.2) is 11.6 Å². The van der Waals surface area contributed by atoms with Crippen LogP contribution in [0.2, 0.25) is 0 Å². The van der Waals surface area contributed by atoms with E-state index in [4.69, 9.17) is 9.84 Å². The molecule has 9 heteroatoms. The number of hydrogen-bond acceptors (Lipinski definition) is 3. The molecule has 0 spiro atoms. The van der Waals surface area contributed by atoms with Crippen LogP contribution >= 0.6 is 0 Å². The number of amides is 1. The maximum absolute atomic E-state index is 13.8. The summed E-state index contributed by atoms with van der Waals surface area (Å²) in [7, 11) is 1.27. The fraction of sp³-hybridized carbons (Fsp3) is 0.429. The maximum atomic E-state index is 13.8. The van der Waals surface area contributed by atoms with Gasteiger partial charge in [0.2, 0.25) is 5.91 Å². The molecule has 1 aromatic carbocycles. The van der Waals surface area contributed by atoms with Gasteiger partial charge >= 0.3 is 12.1 Å². The summed E-state index contributed by atoms with van der Waals surface area (Å²) in [5, 5.41) is 10.5. The van der Waals surface area contributed by atoms with Crippen molar-refractivity contribution < 1.29 is 37.0 Å². The minimum atomic E-state index is -4.73. The molecule has 0 radical (unpaired) electrons. The Hall–Kier alpha value is -2.32. The fourth-order valence-electron chi connectivity index (χ4n) is 1.85. The van der Waals surface area contributed by atoms with Crippen molar-refractivity contribution in [3.63, 3.8) is 0 Å². The lowest BCUT2D eigenvalue weighted by Crippen LogP contribution is -2.43. The van der Waals surface area contributed by atoms with Crippen LogP contribution in [0.3, 0.4) is 0 Å². The lowest BCUT2D eigenvalue weighted by Gasteiger charge is -2.16. The average molecular weight is 337 g/mol. The predicted octanol–water partition coefficient (Wildman–Crippen LogP) is 2.29. The third-order valence-electron chi connectivity index (χ3n) is 2.95. The highest BCUT2D eigenvalue weighted by atomic mass is 19.4. The molecule has 0 aromatic heterocycles. The maximum Gasteiger partial charge on any atom is 0.391 e. The minimum Gasteiger partial charge on any atom is -0.494 e. The van der Waals surface area contributed by atoms with E-state index in [1.54, 1.807) is 5.32 Å². The number of benzene rings is 1. The molecular weight excluding hydrogens is 322 g/mol. The summed E-state index contributed by atoms with van der Waals surface area (Å²) in [5.74, 6) is -3.40. The van der Waals surface area contributed by atoms with Gasteiger partial charge in [-0.05, 0) is 18.1 Å². The highest BCUT2D eigenvalue weighted by Crippen LogP contribution is 2.22. The van der Waals surface area contributed by atoms with E-state index < -0.39 is 36.3 Å². The molecular formula is C14H15F4NO4. The standard InChI is InChI=1S/C14H15F4NO4/c1-23-10-4-2-3-8(12(10)15)5-6-11(20)19-9(13(21)22)7-14(16,17)18/h2-4,9H,5-7H2,1H3,(H,19,20)(H,21,22). The van der Waals surface area contributed by atoms with E-state index >= 15 is 0 Å². The van der Waals surface area contributed by atoms with Gasteiger partial charge in [0.05, 0.1) is 13.5 Å². The molecule has 0 saturated carbocycles. The van der Waals surface area contributed by atoms with Crippen LogP contribution < -0.4 is 10.1 Å². The second-order valence-electron chi connectivity index (χ2n) is 4.71. The van der Waals surface area contributed by atoms with E-state index in [1.165, 1.54) is 25.3 Å². The number of ether oxygens (including phenoxy) is 1. The molecule has 2 N–H and O–H groups in total. The molecule has 0 fully saturated rings. The number of hydrogen-bond donors (Lipinski definition) is 2. The molecule has 0 aliphatic rings. The van der Waals surface area contributed by atoms with Gasteiger partial charge < -0.3 is 15.2 Å². The summed E-state index contributed by atoms with van der Waals surface area (Å²) in [5.41, 5.74) is 0.141. The van der Waals surface area contributed by atoms with Gasteiger partial charge in [0.25, 0.3) is 0 Å². The molecule has 5 nitrogen and oxygen atoms in total. The topological polar surface area (TPSA) is 75.6 Å². The zero-order chi connectivity index (χ0) is 17.6. The highest BCUT2D eigenvalue weighted by Gasteiger charge is 2.36. The van der Waals surface area contributed by atoms with E-state index in [2.05, 4.69) is 0 Å². The van der Waals surface area contributed by atoms with Gasteiger partial charge in [0.1, 0.15) is 6.04 Å². The number of nitrogens with one attached hydrogen (secondary N) is 1. The smallest absolute Gasteiger partial charge is 0.391 e. The van der Waals surface area contributed by atoms with E-state index in [1.807, 2.05) is 0 Å². The second kappa shape index (κ2) is 7.80. The summed E-state index contributed by atoms with van der Waals surface area (Å²) < 4.78 is 55.3. The summed E-state index contributed by atoms with van der Waals surface area (Å²) in [6.45, 7) is 0. The second-order valence-corrected chi connectivity index (χ2v) is 4.71. The van der Waals surface area contributed by atoms with E-state index in [0.29, 0.717) is 0 Å². The molecule has 1 unspecified atom stereocenters. The van der Waals surface area contributed by atoms with Crippen LogP contribution in [0.4, 0.5) is 17.6 Å². The lowest BCUT2D eigenvalue weighted by atomic mass is 10.1. The van der Waals surface area contributed by atoms with Crippen molar-refractivity contribution in [2.24, 2.45) is 0 Å². The van der Waals surface area contributed by atoms with Crippen LogP contribution in [-0.2, 0) is 16.0 Å². The first-order valence-corrected chi connectivity index (χ1v) is 6.54. The third-order valence-corrected chi connectivity index (χ3v) is 2.95. The van der Waals surface area contributed by atoms with Crippen LogP contribution in [0.1, 0.15) is 18.4 Å².